The maximum Gasteiger partial charge on any atom is 0.212 e. The molecule has 4 rings (SSSR count). The largest absolute Gasteiger partial charge is 0.341 e. The van der Waals surface area contributed by atoms with Crippen LogP contribution in [-0.4, -0.2) is 32.7 Å². The molecule has 0 N–H and O–H groups in total. The van der Waals surface area contributed by atoms with Crippen molar-refractivity contribution in [1.82, 2.24) is 19.6 Å². The molecule has 1 aliphatic rings. The summed E-state index contributed by atoms with van der Waals surface area (Å²) < 4.78 is 1.96. The molecule has 1 aliphatic heterocycles. The molecule has 0 saturated carbocycles. The van der Waals surface area contributed by atoms with Gasteiger partial charge in [0.25, 0.3) is 0 Å². The summed E-state index contributed by atoms with van der Waals surface area (Å²) in [5.41, 5.74) is 0.780. The quantitative estimate of drug-likeness (QED) is 0.606. The van der Waals surface area contributed by atoms with Crippen molar-refractivity contribution in [2.45, 2.75) is 30.1 Å². The Hall–Kier alpha value is -1.50. The maximum absolute atomic E-state index is 6.33. The second kappa shape index (κ2) is 7.25. The number of halogens is 2. The van der Waals surface area contributed by atoms with Gasteiger partial charge in [0.1, 0.15) is 6.33 Å². The zero-order chi connectivity index (χ0) is 18.3. The van der Waals surface area contributed by atoms with Crippen molar-refractivity contribution in [3.63, 3.8) is 0 Å². The molecule has 0 bridgehead atoms. The third kappa shape index (κ3) is 3.38. The zero-order valence-corrected chi connectivity index (χ0v) is 16.9. The molecule has 8 heteroatoms. The number of nitrogens with zero attached hydrogens (tertiary/aromatic N) is 5. The van der Waals surface area contributed by atoms with Crippen LogP contribution in [-0.2, 0) is 0 Å². The zero-order valence-electron chi connectivity index (χ0n) is 14.6. The summed E-state index contributed by atoms with van der Waals surface area (Å²) in [4.78, 5) is 8.83. The Kier molecular flexibility index (Phi) is 4.99. The van der Waals surface area contributed by atoms with Gasteiger partial charge < -0.3 is 4.90 Å². The summed E-state index contributed by atoms with van der Waals surface area (Å²) in [6, 6.07) is 5.60. The SMILES string of the molecule is CC1CC(C)CN(c2ncc(Sc3cccc(Cl)c3Cl)c3nncn23)C1. The maximum atomic E-state index is 6.33. The number of anilines is 1. The van der Waals surface area contributed by atoms with Crippen LogP contribution < -0.4 is 4.90 Å². The predicted molar refractivity (Wildman–Crippen MR) is 107 cm³/mol. The summed E-state index contributed by atoms with van der Waals surface area (Å²) in [5.74, 6) is 2.18. The molecule has 0 spiro atoms. The first-order valence-electron chi connectivity index (χ1n) is 8.58. The highest BCUT2D eigenvalue weighted by atomic mass is 35.5. The third-order valence-electron chi connectivity index (χ3n) is 4.57. The normalized spacial score (nSPS) is 20.7. The van der Waals surface area contributed by atoms with Crippen LogP contribution in [0.15, 0.2) is 40.5 Å². The molecule has 2 atom stereocenters. The van der Waals surface area contributed by atoms with Crippen molar-refractivity contribution < 1.29 is 0 Å². The molecule has 26 heavy (non-hydrogen) atoms. The minimum absolute atomic E-state index is 0.537. The van der Waals surface area contributed by atoms with E-state index in [0.717, 1.165) is 34.5 Å². The van der Waals surface area contributed by atoms with Crippen LogP contribution in [0.3, 0.4) is 0 Å². The third-order valence-corrected chi connectivity index (χ3v) is 6.57. The Morgan fingerprint density at radius 1 is 1.12 bits per heavy atom. The second-order valence-corrected chi connectivity index (χ2v) is 8.82. The first kappa shape index (κ1) is 17.9. The van der Waals surface area contributed by atoms with Gasteiger partial charge in [-0.2, -0.15) is 0 Å². The van der Waals surface area contributed by atoms with Gasteiger partial charge >= 0.3 is 0 Å². The lowest BCUT2D eigenvalue weighted by Gasteiger charge is -2.35. The lowest BCUT2D eigenvalue weighted by molar-refractivity contribution is 0.353. The smallest absolute Gasteiger partial charge is 0.212 e. The average Bonchev–Trinajstić information content (AvgIpc) is 3.08. The molecule has 0 aliphatic carbocycles. The summed E-state index contributed by atoms with van der Waals surface area (Å²) in [6.07, 6.45) is 4.83. The lowest BCUT2D eigenvalue weighted by atomic mass is 9.92. The van der Waals surface area contributed by atoms with E-state index in [9.17, 15) is 0 Å². The van der Waals surface area contributed by atoms with Gasteiger partial charge in [0.2, 0.25) is 5.95 Å². The van der Waals surface area contributed by atoms with Crippen LogP contribution in [0, 0.1) is 11.8 Å². The van der Waals surface area contributed by atoms with Crippen LogP contribution in [0.5, 0.6) is 0 Å². The Bertz CT molecular complexity index is 934. The van der Waals surface area contributed by atoms with Crippen LogP contribution in [0.1, 0.15) is 20.3 Å². The fraction of sp³-hybridized carbons (Fsp3) is 0.389. The van der Waals surface area contributed by atoms with Crippen molar-refractivity contribution in [3.8, 4) is 0 Å². The van der Waals surface area contributed by atoms with E-state index in [1.165, 1.54) is 18.2 Å². The van der Waals surface area contributed by atoms with Crippen molar-refractivity contribution in [2.24, 2.45) is 11.8 Å². The molecule has 3 heterocycles. The van der Waals surface area contributed by atoms with Gasteiger partial charge in [-0.05, 0) is 30.4 Å². The van der Waals surface area contributed by atoms with E-state index >= 15 is 0 Å². The number of rotatable bonds is 3. The molecule has 2 unspecified atom stereocenters. The molecule has 136 valence electrons. The summed E-state index contributed by atoms with van der Waals surface area (Å²) in [6.45, 7) is 6.57. The molecule has 0 amide bonds. The van der Waals surface area contributed by atoms with Crippen molar-refractivity contribution in [1.29, 1.82) is 0 Å². The van der Waals surface area contributed by atoms with E-state index in [-0.39, 0.29) is 0 Å². The Morgan fingerprint density at radius 2 is 1.88 bits per heavy atom. The lowest BCUT2D eigenvalue weighted by Crippen LogP contribution is -2.40. The highest BCUT2D eigenvalue weighted by Gasteiger charge is 2.25. The van der Waals surface area contributed by atoms with E-state index in [4.69, 9.17) is 28.2 Å². The number of aromatic nitrogens is 4. The molecule has 3 aromatic rings. The number of piperidine rings is 1. The fourth-order valence-corrected chi connectivity index (χ4v) is 4.99. The summed E-state index contributed by atoms with van der Waals surface area (Å²) in [7, 11) is 0. The number of hydrogen-bond acceptors (Lipinski definition) is 5. The highest BCUT2D eigenvalue weighted by molar-refractivity contribution is 7.99. The van der Waals surface area contributed by atoms with Gasteiger partial charge in [-0.3, -0.25) is 0 Å². The van der Waals surface area contributed by atoms with Gasteiger partial charge in [-0.1, -0.05) is 54.9 Å². The van der Waals surface area contributed by atoms with E-state index in [1.807, 2.05) is 22.7 Å². The predicted octanol–water partition coefficient (Wildman–Crippen LogP) is 5.06. The van der Waals surface area contributed by atoms with Gasteiger partial charge in [0.15, 0.2) is 5.65 Å². The number of benzene rings is 1. The molecule has 1 aromatic carbocycles. The number of fused-ring (bicyclic) bond motifs is 1. The van der Waals surface area contributed by atoms with E-state index < -0.39 is 0 Å². The standard InChI is InChI=1S/C18H19Cl2N5S/c1-11-6-12(2)9-24(8-11)18-21-7-15(17-23-22-10-25(17)18)26-14-5-3-4-13(19)16(14)20/h3-5,7,10-12H,6,8-9H2,1-2H3. The van der Waals surface area contributed by atoms with Crippen LogP contribution in [0.4, 0.5) is 5.95 Å². The molecule has 0 radical (unpaired) electrons. The molecule has 2 aromatic heterocycles. The topological polar surface area (TPSA) is 46.3 Å². The van der Waals surface area contributed by atoms with Gasteiger partial charge in [0.05, 0.1) is 14.9 Å². The van der Waals surface area contributed by atoms with Crippen molar-refractivity contribution in [2.75, 3.05) is 18.0 Å². The summed E-state index contributed by atoms with van der Waals surface area (Å²) >= 11 is 14.0. The van der Waals surface area contributed by atoms with Gasteiger partial charge in [0, 0.05) is 24.2 Å². The fourth-order valence-electron chi connectivity index (χ4n) is 3.60. The minimum atomic E-state index is 0.537. The first-order chi connectivity index (χ1) is 12.5. The monoisotopic (exact) mass is 407 g/mol. The highest BCUT2D eigenvalue weighted by Crippen LogP contribution is 2.38. The molecular formula is C18H19Cl2N5S. The Balaban J connectivity index is 1.71. The number of hydrogen-bond donors (Lipinski definition) is 0. The van der Waals surface area contributed by atoms with Crippen LogP contribution in [0.2, 0.25) is 10.0 Å². The molecule has 5 nitrogen and oxygen atoms in total. The van der Waals surface area contributed by atoms with Gasteiger partial charge in [-0.25, -0.2) is 9.38 Å². The van der Waals surface area contributed by atoms with Crippen LogP contribution >= 0.6 is 35.0 Å². The Morgan fingerprint density at radius 3 is 2.65 bits per heavy atom. The Labute approximate surface area is 166 Å². The van der Waals surface area contributed by atoms with Gasteiger partial charge in [-0.15, -0.1) is 10.2 Å². The summed E-state index contributed by atoms with van der Waals surface area (Å²) in [5, 5.41) is 9.50. The van der Waals surface area contributed by atoms with Crippen molar-refractivity contribution >= 4 is 46.6 Å². The van der Waals surface area contributed by atoms with Crippen molar-refractivity contribution in [3.05, 3.63) is 40.8 Å². The second-order valence-electron chi connectivity index (χ2n) is 6.95. The molecular weight excluding hydrogens is 389 g/mol. The average molecular weight is 408 g/mol. The van der Waals surface area contributed by atoms with Crippen LogP contribution in [0.25, 0.3) is 5.65 Å². The first-order valence-corrected chi connectivity index (χ1v) is 10.2. The van der Waals surface area contributed by atoms with E-state index in [0.29, 0.717) is 21.9 Å². The molecule has 1 saturated heterocycles. The van der Waals surface area contributed by atoms with E-state index in [2.05, 4.69) is 28.9 Å². The minimum Gasteiger partial charge on any atom is -0.341 e. The van der Waals surface area contributed by atoms with E-state index in [1.54, 1.807) is 12.4 Å². The molecule has 1 fully saturated rings.